The lowest BCUT2D eigenvalue weighted by molar-refractivity contribution is -0.137. The van der Waals surface area contributed by atoms with Crippen LogP contribution in [-0.4, -0.2) is 4.98 Å². The van der Waals surface area contributed by atoms with Gasteiger partial charge in [-0.1, -0.05) is 30.3 Å². The number of nitrogens with two attached hydrogens (primary N) is 1. The molecule has 0 radical (unpaired) electrons. The molecule has 0 spiro atoms. The molecule has 0 saturated carbocycles. The van der Waals surface area contributed by atoms with Gasteiger partial charge in [0.25, 0.3) is 0 Å². The number of aromatic nitrogens is 1. The Morgan fingerprint density at radius 2 is 1.96 bits per heavy atom. The second-order valence-corrected chi connectivity index (χ2v) is 5.97. The summed E-state index contributed by atoms with van der Waals surface area (Å²) in [7, 11) is 0. The summed E-state index contributed by atoms with van der Waals surface area (Å²) in [5, 5.41) is 10.4. The standard InChI is InChI=1S/C19H12F3N3O/c20-19(21,22)12-3-1-2-11(8-12)15-13-5-4-10-6-7-25-16(10)17(13)26-18(24)14(15)9-23/h1-8,15,25H,24H2. The van der Waals surface area contributed by atoms with Gasteiger partial charge in [0.05, 0.1) is 17.0 Å². The van der Waals surface area contributed by atoms with Crippen LogP contribution in [0.3, 0.4) is 0 Å². The first-order valence-electron chi connectivity index (χ1n) is 7.75. The highest BCUT2D eigenvalue weighted by molar-refractivity contribution is 5.88. The van der Waals surface area contributed by atoms with E-state index < -0.39 is 17.7 Å². The van der Waals surface area contributed by atoms with Gasteiger partial charge in [-0.25, -0.2) is 0 Å². The van der Waals surface area contributed by atoms with Crippen LogP contribution in [0.2, 0.25) is 0 Å². The van der Waals surface area contributed by atoms with Gasteiger partial charge in [0.1, 0.15) is 11.6 Å². The Morgan fingerprint density at radius 3 is 2.69 bits per heavy atom. The second kappa shape index (κ2) is 5.56. The minimum atomic E-state index is -4.48. The number of ether oxygens (including phenoxy) is 1. The van der Waals surface area contributed by atoms with Crippen molar-refractivity contribution in [3.05, 3.63) is 76.8 Å². The quantitative estimate of drug-likeness (QED) is 0.679. The van der Waals surface area contributed by atoms with E-state index in [0.717, 1.165) is 17.5 Å². The molecule has 1 aliphatic heterocycles. The van der Waals surface area contributed by atoms with Crippen molar-refractivity contribution in [2.75, 3.05) is 0 Å². The van der Waals surface area contributed by atoms with Gasteiger partial charge in [-0.3, -0.25) is 0 Å². The maximum absolute atomic E-state index is 13.1. The number of rotatable bonds is 1. The summed E-state index contributed by atoms with van der Waals surface area (Å²) < 4.78 is 45.0. The molecule has 4 nitrogen and oxygen atoms in total. The van der Waals surface area contributed by atoms with Crippen LogP contribution in [0.4, 0.5) is 13.2 Å². The lowest BCUT2D eigenvalue weighted by Crippen LogP contribution is -2.21. The van der Waals surface area contributed by atoms with Crippen molar-refractivity contribution in [3.63, 3.8) is 0 Å². The Bertz CT molecular complexity index is 1090. The summed E-state index contributed by atoms with van der Waals surface area (Å²) in [6.07, 6.45) is -2.75. The van der Waals surface area contributed by atoms with E-state index in [-0.39, 0.29) is 11.5 Å². The number of fused-ring (bicyclic) bond motifs is 3. The molecule has 0 amide bonds. The summed E-state index contributed by atoms with van der Waals surface area (Å²) in [5.41, 5.74) is 6.82. The van der Waals surface area contributed by atoms with Crippen LogP contribution in [-0.2, 0) is 6.18 Å². The fourth-order valence-electron chi connectivity index (χ4n) is 3.28. The topological polar surface area (TPSA) is 74.8 Å². The molecule has 3 aromatic rings. The fraction of sp³-hybridized carbons (Fsp3) is 0.105. The Balaban J connectivity index is 1.97. The third-order valence-corrected chi connectivity index (χ3v) is 4.46. The molecule has 3 N–H and O–H groups in total. The number of benzene rings is 2. The number of alkyl halides is 3. The first-order valence-corrected chi connectivity index (χ1v) is 7.75. The maximum Gasteiger partial charge on any atom is 0.416 e. The van der Waals surface area contributed by atoms with Crippen LogP contribution in [0.15, 0.2) is 60.1 Å². The highest BCUT2D eigenvalue weighted by Crippen LogP contribution is 2.45. The molecule has 0 aliphatic carbocycles. The van der Waals surface area contributed by atoms with Crippen molar-refractivity contribution < 1.29 is 17.9 Å². The molecule has 0 saturated heterocycles. The van der Waals surface area contributed by atoms with Crippen LogP contribution in [0.5, 0.6) is 5.75 Å². The van der Waals surface area contributed by atoms with E-state index in [1.54, 1.807) is 18.3 Å². The number of aromatic amines is 1. The van der Waals surface area contributed by atoms with Crippen molar-refractivity contribution in [3.8, 4) is 11.8 Å². The number of allylic oxidation sites excluding steroid dienone is 1. The van der Waals surface area contributed by atoms with Crippen LogP contribution < -0.4 is 10.5 Å². The fourth-order valence-corrected chi connectivity index (χ4v) is 3.28. The molecule has 0 bridgehead atoms. The number of H-pyrrole nitrogens is 1. The van der Waals surface area contributed by atoms with Crippen molar-refractivity contribution in [2.24, 2.45) is 5.73 Å². The average molecular weight is 355 g/mol. The van der Waals surface area contributed by atoms with E-state index in [4.69, 9.17) is 10.5 Å². The van der Waals surface area contributed by atoms with Crippen molar-refractivity contribution in [1.29, 1.82) is 5.26 Å². The van der Waals surface area contributed by atoms with Crippen LogP contribution >= 0.6 is 0 Å². The van der Waals surface area contributed by atoms with E-state index in [0.29, 0.717) is 22.4 Å². The summed E-state index contributed by atoms with van der Waals surface area (Å²) >= 11 is 0. The van der Waals surface area contributed by atoms with E-state index in [1.807, 2.05) is 18.2 Å². The van der Waals surface area contributed by atoms with Gasteiger partial charge in [-0.05, 0) is 17.7 Å². The average Bonchev–Trinajstić information content (AvgIpc) is 3.09. The van der Waals surface area contributed by atoms with Gasteiger partial charge in [0.2, 0.25) is 5.88 Å². The lowest BCUT2D eigenvalue weighted by Gasteiger charge is -2.27. The zero-order valence-corrected chi connectivity index (χ0v) is 13.3. The summed E-state index contributed by atoms with van der Waals surface area (Å²) in [6.45, 7) is 0. The van der Waals surface area contributed by atoms with E-state index in [1.165, 1.54) is 6.07 Å². The Kier molecular flexibility index (Phi) is 3.44. The summed E-state index contributed by atoms with van der Waals surface area (Å²) in [6, 6.07) is 12.3. The first kappa shape index (κ1) is 16.1. The summed E-state index contributed by atoms with van der Waals surface area (Å²) in [4.78, 5) is 3.04. The molecule has 1 aromatic heterocycles. The predicted molar refractivity (Wildman–Crippen MR) is 89.0 cm³/mol. The zero-order chi connectivity index (χ0) is 18.5. The number of hydrogen-bond acceptors (Lipinski definition) is 3. The van der Waals surface area contributed by atoms with E-state index >= 15 is 0 Å². The number of nitrogens with one attached hydrogen (secondary N) is 1. The molecule has 2 heterocycles. The molecule has 1 unspecified atom stereocenters. The van der Waals surface area contributed by atoms with Crippen molar-refractivity contribution in [1.82, 2.24) is 4.98 Å². The van der Waals surface area contributed by atoms with E-state index in [2.05, 4.69) is 4.98 Å². The minimum absolute atomic E-state index is 0.0859. The molecular weight excluding hydrogens is 343 g/mol. The second-order valence-electron chi connectivity index (χ2n) is 5.97. The third kappa shape index (κ3) is 2.39. The SMILES string of the molecule is N#CC1=C(N)Oc2c(ccc3cc[nH]c23)C1c1cccc(C(F)(F)F)c1. The van der Waals surface area contributed by atoms with Gasteiger partial charge in [-0.15, -0.1) is 0 Å². The maximum atomic E-state index is 13.1. The van der Waals surface area contributed by atoms with Crippen LogP contribution in [0.1, 0.15) is 22.6 Å². The molecular formula is C19H12F3N3O. The largest absolute Gasteiger partial charge is 0.438 e. The molecule has 2 aromatic carbocycles. The lowest BCUT2D eigenvalue weighted by atomic mass is 9.82. The first-order chi connectivity index (χ1) is 12.4. The Labute approximate surface area is 146 Å². The van der Waals surface area contributed by atoms with Crippen molar-refractivity contribution in [2.45, 2.75) is 12.1 Å². The van der Waals surface area contributed by atoms with Gasteiger partial charge < -0.3 is 15.5 Å². The molecule has 26 heavy (non-hydrogen) atoms. The molecule has 0 fully saturated rings. The van der Waals surface area contributed by atoms with Gasteiger partial charge in [-0.2, -0.15) is 18.4 Å². The van der Waals surface area contributed by atoms with Crippen LogP contribution in [0, 0.1) is 11.3 Å². The minimum Gasteiger partial charge on any atom is -0.438 e. The molecule has 130 valence electrons. The molecule has 1 atom stereocenters. The number of nitriles is 1. The number of halogens is 3. The zero-order valence-electron chi connectivity index (χ0n) is 13.3. The molecule has 1 aliphatic rings. The third-order valence-electron chi connectivity index (χ3n) is 4.46. The number of hydrogen-bond donors (Lipinski definition) is 2. The van der Waals surface area contributed by atoms with Gasteiger partial charge >= 0.3 is 6.18 Å². The normalized spacial score (nSPS) is 16.9. The smallest absolute Gasteiger partial charge is 0.416 e. The predicted octanol–water partition coefficient (Wildman–Crippen LogP) is 4.40. The molecule has 7 heteroatoms. The Hall–Kier alpha value is -3.40. The number of nitrogens with zero attached hydrogens (tertiary/aromatic N) is 1. The summed E-state index contributed by atoms with van der Waals surface area (Å²) in [5.74, 6) is -0.422. The monoisotopic (exact) mass is 355 g/mol. The Morgan fingerprint density at radius 1 is 1.15 bits per heavy atom. The van der Waals surface area contributed by atoms with Crippen LogP contribution in [0.25, 0.3) is 10.9 Å². The highest BCUT2D eigenvalue weighted by Gasteiger charge is 2.35. The van der Waals surface area contributed by atoms with Gasteiger partial charge in [0, 0.05) is 17.1 Å². The molecule has 4 rings (SSSR count). The highest BCUT2D eigenvalue weighted by atomic mass is 19.4. The van der Waals surface area contributed by atoms with Crippen molar-refractivity contribution >= 4 is 10.9 Å². The van der Waals surface area contributed by atoms with E-state index in [9.17, 15) is 18.4 Å². The van der Waals surface area contributed by atoms with Gasteiger partial charge in [0.15, 0.2) is 5.75 Å².